The second-order valence-corrected chi connectivity index (χ2v) is 6.88. The van der Waals surface area contributed by atoms with Crippen molar-refractivity contribution in [3.05, 3.63) is 38.2 Å². The molecule has 110 valence electrons. The zero-order valence-corrected chi connectivity index (χ0v) is 14.1. The molecule has 0 bridgehead atoms. The number of thiophene rings is 1. The van der Waals surface area contributed by atoms with Crippen molar-refractivity contribution in [3.8, 4) is 0 Å². The average Bonchev–Trinajstić information content (AvgIpc) is 3.00. The Morgan fingerprint density at radius 3 is 2.86 bits per heavy atom. The van der Waals surface area contributed by atoms with Crippen molar-refractivity contribution < 1.29 is 0 Å². The number of nitrogens with zero attached hydrogens (tertiary/aromatic N) is 4. The summed E-state index contributed by atoms with van der Waals surface area (Å²) in [5, 5.41) is 7.49. The molecule has 5 nitrogen and oxygen atoms in total. The highest BCUT2D eigenvalue weighted by molar-refractivity contribution is 7.98. The summed E-state index contributed by atoms with van der Waals surface area (Å²) in [6, 6.07) is 1.87. The Kier molecular flexibility index (Phi) is 3.81. The van der Waals surface area contributed by atoms with Gasteiger partial charge in [-0.15, -0.1) is 11.3 Å². The van der Waals surface area contributed by atoms with E-state index >= 15 is 0 Å². The first kappa shape index (κ1) is 14.6. The Bertz CT molecular complexity index is 880. The van der Waals surface area contributed by atoms with Gasteiger partial charge >= 0.3 is 0 Å². The van der Waals surface area contributed by atoms with E-state index in [9.17, 15) is 4.79 Å². The highest BCUT2D eigenvalue weighted by Gasteiger charge is 2.14. The van der Waals surface area contributed by atoms with Crippen LogP contribution in [0.1, 0.15) is 11.3 Å². The van der Waals surface area contributed by atoms with Crippen molar-refractivity contribution in [2.75, 3.05) is 0 Å². The summed E-state index contributed by atoms with van der Waals surface area (Å²) in [5.41, 5.74) is 2.62. The van der Waals surface area contributed by atoms with Crippen molar-refractivity contribution in [3.63, 3.8) is 0 Å². The first-order valence-corrected chi connectivity index (χ1v) is 8.48. The van der Waals surface area contributed by atoms with Crippen LogP contribution in [0.4, 0.5) is 0 Å². The van der Waals surface area contributed by atoms with Gasteiger partial charge in [-0.2, -0.15) is 5.10 Å². The molecule has 0 N–H and O–H groups in total. The van der Waals surface area contributed by atoms with Gasteiger partial charge < -0.3 is 0 Å². The predicted octanol–water partition coefficient (Wildman–Crippen LogP) is 2.98. The van der Waals surface area contributed by atoms with Gasteiger partial charge in [0.15, 0.2) is 5.16 Å². The minimum absolute atomic E-state index is 0.00787. The molecule has 3 heterocycles. The lowest BCUT2D eigenvalue weighted by atomic mass is 10.3. The van der Waals surface area contributed by atoms with E-state index in [0.717, 1.165) is 16.8 Å². The maximum Gasteiger partial charge on any atom is 0.271 e. The molecule has 0 aromatic carbocycles. The van der Waals surface area contributed by atoms with Gasteiger partial charge in [-0.05, 0) is 18.4 Å². The van der Waals surface area contributed by atoms with Crippen LogP contribution in [0.15, 0.2) is 21.4 Å². The van der Waals surface area contributed by atoms with Gasteiger partial charge in [-0.25, -0.2) is 4.98 Å². The second kappa shape index (κ2) is 5.47. The third kappa shape index (κ3) is 2.49. The largest absolute Gasteiger partial charge is 0.290 e. The Balaban J connectivity index is 1.95. The molecule has 0 saturated carbocycles. The second-order valence-electron chi connectivity index (χ2n) is 4.66. The zero-order valence-electron chi connectivity index (χ0n) is 11.8. The van der Waals surface area contributed by atoms with Crippen LogP contribution in [0.25, 0.3) is 10.2 Å². The highest BCUT2D eigenvalue weighted by Crippen LogP contribution is 2.28. The standard InChI is InChI=1S/C13H13ClN4OS2/c1-7-8(11(14)18(3)16-7)6-21-13-15-9-4-5-20-10(9)12(19)17(13)2/h4-5H,6H2,1-3H3. The van der Waals surface area contributed by atoms with Crippen molar-refractivity contribution >= 4 is 44.9 Å². The molecule has 3 aromatic rings. The first-order chi connectivity index (χ1) is 9.99. The fourth-order valence-corrected chi connectivity index (χ4v) is 4.26. The van der Waals surface area contributed by atoms with Gasteiger partial charge in [-0.1, -0.05) is 23.4 Å². The molecule has 0 amide bonds. The number of aryl methyl sites for hydroxylation is 2. The summed E-state index contributed by atoms with van der Waals surface area (Å²) in [6.45, 7) is 1.93. The van der Waals surface area contributed by atoms with Gasteiger partial charge in [0.05, 0.1) is 11.2 Å². The smallest absolute Gasteiger partial charge is 0.271 e. The van der Waals surface area contributed by atoms with Crippen LogP contribution in [0.2, 0.25) is 5.15 Å². The van der Waals surface area contributed by atoms with Crippen LogP contribution < -0.4 is 5.56 Å². The van der Waals surface area contributed by atoms with Crippen LogP contribution in [0.3, 0.4) is 0 Å². The lowest BCUT2D eigenvalue weighted by molar-refractivity contribution is 0.728. The molecule has 8 heteroatoms. The van der Waals surface area contributed by atoms with Gasteiger partial charge in [-0.3, -0.25) is 14.0 Å². The molecular formula is C13H13ClN4OS2. The van der Waals surface area contributed by atoms with E-state index in [1.807, 2.05) is 25.4 Å². The summed E-state index contributed by atoms with van der Waals surface area (Å²) in [7, 11) is 3.56. The van der Waals surface area contributed by atoms with E-state index in [2.05, 4.69) is 10.1 Å². The fourth-order valence-electron chi connectivity index (χ4n) is 2.07. The van der Waals surface area contributed by atoms with E-state index in [1.165, 1.54) is 23.1 Å². The van der Waals surface area contributed by atoms with Crippen molar-refractivity contribution in [1.29, 1.82) is 0 Å². The number of hydrogen-bond acceptors (Lipinski definition) is 5. The summed E-state index contributed by atoms with van der Waals surface area (Å²) in [4.78, 5) is 16.8. The number of aromatic nitrogens is 4. The Hall–Kier alpha value is -1.31. The molecule has 0 unspecified atom stereocenters. The quantitative estimate of drug-likeness (QED) is 0.543. The van der Waals surface area contributed by atoms with E-state index < -0.39 is 0 Å². The Morgan fingerprint density at radius 1 is 1.43 bits per heavy atom. The van der Waals surface area contributed by atoms with Gasteiger partial charge in [0.25, 0.3) is 5.56 Å². The van der Waals surface area contributed by atoms with Gasteiger partial charge in [0.1, 0.15) is 9.85 Å². The predicted molar refractivity (Wildman–Crippen MR) is 87.4 cm³/mol. The monoisotopic (exact) mass is 340 g/mol. The molecule has 0 aliphatic carbocycles. The summed E-state index contributed by atoms with van der Waals surface area (Å²) in [6.07, 6.45) is 0. The average molecular weight is 341 g/mol. The van der Waals surface area contributed by atoms with Crippen LogP contribution in [0.5, 0.6) is 0 Å². The summed E-state index contributed by atoms with van der Waals surface area (Å²) >= 11 is 9.14. The number of halogens is 1. The minimum atomic E-state index is -0.00787. The molecule has 0 aliphatic heterocycles. The zero-order chi connectivity index (χ0) is 15.1. The van der Waals surface area contributed by atoms with E-state index in [-0.39, 0.29) is 5.56 Å². The van der Waals surface area contributed by atoms with Crippen molar-refractivity contribution in [2.45, 2.75) is 17.8 Å². The fraction of sp³-hybridized carbons (Fsp3) is 0.308. The van der Waals surface area contributed by atoms with E-state index in [4.69, 9.17) is 11.6 Å². The van der Waals surface area contributed by atoms with Crippen LogP contribution in [-0.2, 0) is 19.8 Å². The highest BCUT2D eigenvalue weighted by atomic mass is 35.5. The normalized spacial score (nSPS) is 11.4. The molecule has 3 rings (SSSR count). The number of thioether (sulfide) groups is 1. The minimum Gasteiger partial charge on any atom is -0.290 e. The molecule has 0 atom stereocenters. The molecule has 0 aliphatic rings. The first-order valence-electron chi connectivity index (χ1n) is 6.24. The Labute approximate surface area is 134 Å². The van der Waals surface area contributed by atoms with Crippen LogP contribution >= 0.6 is 34.7 Å². The molecule has 21 heavy (non-hydrogen) atoms. The molecule has 0 fully saturated rings. The Morgan fingerprint density at radius 2 is 2.19 bits per heavy atom. The number of fused-ring (bicyclic) bond motifs is 1. The van der Waals surface area contributed by atoms with E-state index in [0.29, 0.717) is 20.8 Å². The maximum absolute atomic E-state index is 12.2. The number of rotatable bonds is 3. The lowest BCUT2D eigenvalue weighted by Crippen LogP contribution is -2.18. The molecule has 0 radical (unpaired) electrons. The van der Waals surface area contributed by atoms with Gasteiger partial charge in [0, 0.05) is 25.4 Å². The van der Waals surface area contributed by atoms with Crippen LogP contribution in [-0.4, -0.2) is 19.3 Å². The van der Waals surface area contributed by atoms with Crippen molar-refractivity contribution in [2.24, 2.45) is 14.1 Å². The van der Waals surface area contributed by atoms with E-state index in [1.54, 1.807) is 16.3 Å². The SMILES string of the molecule is Cc1nn(C)c(Cl)c1CSc1nc2ccsc2c(=O)n1C. The molecule has 0 spiro atoms. The third-order valence-electron chi connectivity index (χ3n) is 3.26. The maximum atomic E-state index is 12.2. The lowest BCUT2D eigenvalue weighted by Gasteiger charge is -2.06. The van der Waals surface area contributed by atoms with Crippen molar-refractivity contribution in [1.82, 2.24) is 19.3 Å². The molecular weight excluding hydrogens is 328 g/mol. The van der Waals surface area contributed by atoms with Gasteiger partial charge in [0.2, 0.25) is 0 Å². The molecule has 3 aromatic heterocycles. The summed E-state index contributed by atoms with van der Waals surface area (Å²) in [5.74, 6) is 0.633. The third-order valence-corrected chi connectivity index (χ3v) is 5.68. The van der Waals surface area contributed by atoms with Crippen LogP contribution in [0, 0.1) is 6.92 Å². The summed E-state index contributed by atoms with van der Waals surface area (Å²) < 4.78 is 3.93. The molecule has 0 saturated heterocycles. The topological polar surface area (TPSA) is 52.7 Å². The number of hydrogen-bond donors (Lipinski definition) is 0.